The van der Waals surface area contributed by atoms with Crippen LogP contribution in [-0.2, 0) is 26.0 Å². The van der Waals surface area contributed by atoms with Crippen LogP contribution in [0.1, 0.15) is 56.9 Å². The first kappa shape index (κ1) is 27.8. The van der Waals surface area contributed by atoms with Crippen molar-refractivity contribution >= 4 is 16.0 Å². The second kappa shape index (κ2) is 11.3. The number of esters is 1. The van der Waals surface area contributed by atoms with E-state index in [0.29, 0.717) is 22.4 Å². The zero-order chi connectivity index (χ0) is 25.7. The SMILES string of the molecule is Cc1cc(C)c(S(=O)(=O)N[C@H](/C=C/[C@@H](C(=O)OC(C)(C)C)C(C)C)Cc2ccccc2)c(C)c1. The molecular weight excluding hydrogens is 446 g/mol. The molecule has 2 aromatic carbocycles. The van der Waals surface area contributed by atoms with E-state index >= 15 is 0 Å². The van der Waals surface area contributed by atoms with Gasteiger partial charge in [-0.15, -0.1) is 0 Å². The summed E-state index contributed by atoms with van der Waals surface area (Å²) in [6, 6.07) is 12.9. The van der Waals surface area contributed by atoms with Crippen molar-refractivity contribution in [3.63, 3.8) is 0 Å². The van der Waals surface area contributed by atoms with Gasteiger partial charge in [0.25, 0.3) is 0 Å². The number of ether oxygens (including phenoxy) is 1. The Morgan fingerprint density at radius 3 is 2.06 bits per heavy atom. The Bertz CT molecular complexity index is 1090. The van der Waals surface area contributed by atoms with Gasteiger partial charge in [0.2, 0.25) is 10.0 Å². The third kappa shape index (κ3) is 8.10. The first-order valence-electron chi connectivity index (χ1n) is 11.7. The summed E-state index contributed by atoms with van der Waals surface area (Å²) < 4.78 is 35.4. The van der Waals surface area contributed by atoms with E-state index in [2.05, 4.69) is 4.72 Å². The highest BCUT2D eigenvalue weighted by atomic mass is 32.2. The van der Waals surface area contributed by atoms with Crippen molar-refractivity contribution in [1.29, 1.82) is 0 Å². The molecule has 6 heteroatoms. The number of carbonyl (C=O) groups is 1. The average Bonchev–Trinajstić information content (AvgIpc) is 2.65. The van der Waals surface area contributed by atoms with Crippen LogP contribution in [0, 0.1) is 32.6 Å². The Labute approximate surface area is 205 Å². The largest absolute Gasteiger partial charge is 0.460 e. The standard InChI is InChI=1S/C28H39NO4S/c1-19(2)25(27(30)33-28(6,7)8)15-14-24(18-23-12-10-9-11-13-23)29-34(31,32)26-21(4)16-20(3)17-22(26)5/h9-17,19,24-25,29H,18H2,1-8H3/b15-14+/t24-,25-/m1/s1. The second-order valence-corrected chi connectivity index (χ2v) is 12.0. The van der Waals surface area contributed by atoms with Gasteiger partial charge in [-0.05, 0) is 70.6 Å². The highest BCUT2D eigenvalue weighted by Gasteiger charge is 2.27. The van der Waals surface area contributed by atoms with Crippen molar-refractivity contribution in [2.75, 3.05) is 0 Å². The number of rotatable bonds is 9. The van der Waals surface area contributed by atoms with Gasteiger partial charge >= 0.3 is 5.97 Å². The molecule has 0 radical (unpaired) electrons. The third-order valence-electron chi connectivity index (χ3n) is 5.43. The summed E-state index contributed by atoms with van der Waals surface area (Å²) in [6.07, 6.45) is 4.03. The number of hydrogen-bond donors (Lipinski definition) is 1. The minimum Gasteiger partial charge on any atom is -0.460 e. The molecule has 0 aromatic heterocycles. The fourth-order valence-electron chi connectivity index (χ4n) is 4.06. The lowest BCUT2D eigenvalue weighted by Gasteiger charge is -2.25. The molecule has 0 aliphatic rings. The highest BCUT2D eigenvalue weighted by Crippen LogP contribution is 2.23. The molecule has 0 spiro atoms. The van der Waals surface area contributed by atoms with Crippen molar-refractivity contribution in [3.8, 4) is 0 Å². The van der Waals surface area contributed by atoms with Crippen LogP contribution in [0.2, 0.25) is 0 Å². The number of nitrogens with one attached hydrogen (secondary N) is 1. The van der Waals surface area contributed by atoms with E-state index in [-0.39, 0.29) is 11.9 Å². The summed E-state index contributed by atoms with van der Waals surface area (Å²) in [5.41, 5.74) is 2.84. The van der Waals surface area contributed by atoms with Gasteiger partial charge in [0, 0.05) is 6.04 Å². The fraction of sp³-hybridized carbons (Fsp3) is 0.464. The molecule has 0 saturated carbocycles. The zero-order valence-electron chi connectivity index (χ0n) is 21.7. The number of hydrogen-bond acceptors (Lipinski definition) is 4. The molecule has 2 atom stereocenters. The van der Waals surface area contributed by atoms with Crippen molar-refractivity contribution < 1.29 is 17.9 Å². The summed E-state index contributed by atoms with van der Waals surface area (Å²) in [5.74, 6) is -0.795. The summed E-state index contributed by atoms with van der Waals surface area (Å²) in [7, 11) is -3.79. The molecule has 0 amide bonds. The third-order valence-corrected chi connectivity index (χ3v) is 7.22. The molecule has 0 heterocycles. The Morgan fingerprint density at radius 2 is 1.56 bits per heavy atom. The predicted octanol–water partition coefficient (Wildman–Crippen LogP) is 5.67. The average molecular weight is 486 g/mol. The Hall–Kier alpha value is -2.44. The van der Waals surface area contributed by atoms with E-state index in [9.17, 15) is 13.2 Å². The van der Waals surface area contributed by atoms with E-state index in [1.54, 1.807) is 12.2 Å². The maximum atomic E-state index is 13.4. The Kier molecular flexibility index (Phi) is 9.26. The topological polar surface area (TPSA) is 72.5 Å². The molecule has 186 valence electrons. The lowest BCUT2D eigenvalue weighted by molar-refractivity contribution is -0.159. The maximum absolute atomic E-state index is 13.4. The molecule has 34 heavy (non-hydrogen) atoms. The Morgan fingerprint density at radius 1 is 1.00 bits per heavy atom. The van der Waals surface area contributed by atoms with Crippen molar-refractivity contribution in [2.45, 2.75) is 78.3 Å². The van der Waals surface area contributed by atoms with Gasteiger partial charge < -0.3 is 4.74 Å². The van der Waals surface area contributed by atoms with Crippen molar-refractivity contribution in [3.05, 3.63) is 76.9 Å². The van der Waals surface area contributed by atoms with Crippen LogP contribution >= 0.6 is 0 Å². The van der Waals surface area contributed by atoms with E-state index < -0.39 is 27.6 Å². The smallest absolute Gasteiger partial charge is 0.313 e. The quantitative estimate of drug-likeness (QED) is 0.367. The fourth-order valence-corrected chi connectivity index (χ4v) is 5.71. The molecule has 2 aromatic rings. The van der Waals surface area contributed by atoms with Crippen molar-refractivity contribution in [1.82, 2.24) is 4.72 Å². The molecule has 0 saturated heterocycles. The van der Waals surface area contributed by atoms with Gasteiger partial charge in [-0.2, -0.15) is 0 Å². The second-order valence-electron chi connectivity index (χ2n) is 10.3. The van der Waals surface area contributed by atoms with E-state index in [1.165, 1.54) is 0 Å². The first-order chi connectivity index (χ1) is 15.7. The van der Waals surface area contributed by atoms with Crippen LogP contribution in [0.15, 0.2) is 59.5 Å². The van der Waals surface area contributed by atoms with Gasteiger partial charge in [-0.3, -0.25) is 4.79 Å². The number of carbonyl (C=O) groups excluding carboxylic acids is 1. The van der Waals surface area contributed by atoms with Gasteiger partial charge in [0.05, 0.1) is 10.8 Å². The lowest BCUT2D eigenvalue weighted by Crippen LogP contribution is -2.36. The van der Waals surface area contributed by atoms with Crippen LogP contribution in [0.3, 0.4) is 0 Å². The van der Waals surface area contributed by atoms with Crippen LogP contribution in [0.4, 0.5) is 0 Å². The Balaban J connectivity index is 2.41. The molecular formula is C28H39NO4S. The van der Waals surface area contributed by atoms with Crippen molar-refractivity contribution in [2.24, 2.45) is 11.8 Å². The minimum absolute atomic E-state index is 0.00155. The summed E-state index contributed by atoms with van der Waals surface area (Å²) in [6.45, 7) is 15.0. The number of benzene rings is 2. The molecule has 0 aliphatic heterocycles. The van der Waals surface area contributed by atoms with Crippen LogP contribution in [0.5, 0.6) is 0 Å². The van der Waals surface area contributed by atoms with E-state index in [4.69, 9.17) is 4.74 Å². The molecule has 2 rings (SSSR count). The van der Waals surface area contributed by atoms with Crippen LogP contribution < -0.4 is 4.72 Å². The van der Waals surface area contributed by atoms with Crippen LogP contribution in [-0.4, -0.2) is 26.0 Å². The lowest BCUT2D eigenvalue weighted by atomic mass is 9.94. The monoisotopic (exact) mass is 485 g/mol. The summed E-state index contributed by atoms with van der Waals surface area (Å²) >= 11 is 0. The maximum Gasteiger partial charge on any atom is 0.313 e. The predicted molar refractivity (Wildman–Crippen MR) is 138 cm³/mol. The molecule has 0 bridgehead atoms. The summed E-state index contributed by atoms with van der Waals surface area (Å²) in [5, 5.41) is 0. The van der Waals surface area contributed by atoms with Gasteiger partial charge in [0.1, 0.15) is 5.60 Å². The molecule has 1 N–H and O–H groups in total. The van der Waals surface area contributed by atoms with Gasteiger partial charge in [0.15, 0.2) is 0 Å². The first-order valence-corrected chi connectivity index (χ1v) is 13.2. The molecule has 0 unspecified atom stereocenters. The highest BCUT2D eigenvalue weighted by molar-refractivity contribution is 7.89. The minimum atomic E-state index is -3.79. The van der Waals surface area contributed by atoms with Crippen LogP contribution in [0.25, 0.3) is 0 Å². The number of aryl methyl sites for hydroxylation is 3. The zero-order valence-corrected chi connectivity index (χ0v) is 22.5. The van der Waals surface area contributed by atoms with E-state index in [1.807, 2.05) is 97.9 Å². The van der Waals surface area contributed by atoms with E-state index in [0.717, 1.165) is 11.1 Å². The molecule has 0 fully saturated rings. The van der Waals surface area contributed by atoms with Gasteiger partial charge in [-0.1, -0.05) is 74.0 Å². The molecule has 0 aliphatic carbocycles. The molecule has 5 nitrogen and oxygen atoms in total. The number of sulfonamides is 1. The summed E-state index contributed by atoms with van der Waals surface area (Å²) in [4.78, 5) is 13.1. The van der Waals surface area contributed by atoms with Gasteiger partial charge in [-0.25, -0.2) is 13.1 Å². The normalized spacial score (nSPS) is 14.4.